The van der Waals surface area contributed by atoms with Gasteiger partial charge < -0.3 is 5.32 Å². The maximum Gasteiger partial charge on any atom is 0.0198 e. The molecule has 0 amide bonds. The van der Waals surface area contributed by atoms with Crippen LogP contribution in [0, 0.1) is 0 Å². The molecular formula is C13H26N2S. The van der Waals surface area contributed by atoms with Gasteiger partial charge in [-0.15, -0.1) is 0 Å². The standard InChI is InChI=1S/C13H26N2S/c1-11(7-9-16-2)15-8-3-4-13(10-15)14-12-5-6-12/h11-14H,3-10H2,1-2H3. The van der Waals surface area contributed by atoms with Crippen molar-refractivity contribution in [1.29, 1.82) is 0 Å². The SMILES string of the molecule is CSCCC(C)N1CCCC(NC2CC2)C1. The van der Waals surface area contributed by atoms with E-state index in [4.69, 9.17) is 0 Å². The quantitative estimate of drug-likeness (QED) is 0.770. The van der Waals surface area contributed by atoms with Crippen molar-refractivity contribution in [3.8, 4) is 0 Å². The van der Waals surface area contributed by atoms with E-state index in [2.05, 4.69) is 23.4 Å². The Hall–Kier alpha value is 0.270. The average Bonchev–Trinajstić information content (AvgIpc) is 3.10. The first-order valence-electron chi connectivity index (χ1n) is 6.78. The molecular weight excluding hydrogens is 216 g/mol. The van der Waals surface area contributed by atoms with Crippen LogP contribution in [0.1, 0.15) is 39.0 Å². The second kappa shape index (κ2) is 6.27. The van der Waals surface area contributed by atoms with Crippen molar-refractivity contribution in [2.75, 3.05) is 25.1 Å². The van der Waals surface area contributed by atoms with Gasteiger partial charge in [-0.2, -0.15) is 11.8 Å². The molecule has 1 heterocycles. The van der Waals surface area contributed by atoms with Crippen molar-refractivity contribution in [2.24, 2.45) is 0 Å². The van der Waals surface area contributed by atoms with Gasteiger partial charge in [0, 0.05) is 24.7 Å². The predicted molar refractivity (Wildman–Crippen MR) is 73.2 cm³/mol. The summed E-state index contributed by atoms with van der Waals surface area (Å²) in [6.45, 7) is 5.00. The van der Waals surface area contributed by atoms with E-state index in [1.54, 1.807) is 0 Å². The minimum absolute atomic E-state index is 0.774. The highest BCUT2D eigenvalue weighted by atomic mass is 32.2. The first-order valence-corrected chi connectivity index (χ1v) is 8.18. The Bertz CT molecular complexity index is 206. The third-order valence-electron chi connectivity index (χ3n) is 3.86. The van der Waals surface area contributed by atoms with Crippen LogP contribution in [0.2, 0.25) is 0 Å². The minimum atomic E-state index is 0.774. The predicted octanol–water partition coefficient (Wildman–Crippen LogP) is 2.34. The molecule has 0 spiro atoms. The van der Waals surface area contributed by atoms with Gasteiger partial charge in [-0.1, -0.05) is 0 Å². The van der Waals surface area contributed by atoms with Crippen LogP contribution < -0.4 is 5.32 Å². The molecule has 1 N–H and O–H groups in total. The Morgan fingerprint density at radius 1 is 1.31 bits per heavy atom. The summed E-state index contributed by atoms with van der Waals surface area (Å²) in [5.41, 5.74) is 0. The first-order chi connectivity index (χ1) is 7.79. The highest BCUT2D eigenvalue weighted by molar-refractivity contribution is 7.98. The van der Waals surface area contributed by atoms with Crippen LogP contribution in [-0.4, -0.2) is 48.1 Å². The summed E-state index contributed by atoms with van der Waals surface area (Å²) in [7, 11) is 0. The van der Waals surface area contributed by atoms with Crippen molar-refractivity contribution in [1.82, 2.24) is 10.2 Å². The summed E-state index contributed by atoms with van der Waals surface area (Å²) < 4.78 is 0. The van der Waals surface area contributed by atoms with Crippen molar-refractivity contribution < 1.29 is 0 Å². The van der Waals surface area contributed by atoms with Gasteiger partial charge in [-0.05, 0) is 57.6 Å². The zero-order chi connectivity index (χ0) is 11.4. The second-order valence-corrected chi connectivity index (χ2v) is 6.39. The van der Waals surface area contributed by atoms with Crippen LogP contribution >= 0.6 is 11.8 Å². The van der Waals surface area contributed by atoms with Crippen LogP contribution in [0.5, 0.6) is 0 Å². The molecule has 0 bridgehead atoms. The van der Waals surface area contributed by atoms with Gasteiger partial charge in [-0.3, -0.25) is 4.90 Å². The number of hydrogen-bond acceptors (Lipinski definition) is 3. The van der Waals surface area contributed by atoms with E-state index in [0.717, 1.165) is 18.1 Å². The number of rotatable bonds is 6. The van der Waals surface area contributed by atoms with E-state index in [9.17, 15) is 0 Å². The highest BCUT2D eigenvalue weighted by Gasteiger charge is 2.28. The van der Waals surface area contributed by atoms with Gasteiger partial charge in [0.2, 0.25) is 0 Å². The number of nitrogens with one attached hydrogen (secondary N) is 1. The summed E-state index contributed by atoms with van der Waals surface area (Å²) in [5, 5.41) is 3.79. The van der Waals surface area contributed by atoms with E-state index < -0.39 is 0 Å². The summed E-state index contributed by atoms with van der Waals surface area (Å²) >= 11 is 1.97. The average molecular weight is 242 g/mol. The lowest BCUT2D eigenvalue weighted by Crippen LogP contribution is -2.49. The zero-order valence-electron chi connectivity index (χ0n) is 10.7. The minimum Gasteiger partial charge on any atom is -0.310 e. The van der Waals surface area contributed by atoms with E-state index >= 15 is 0 Å². The van der Waals surface area contributed by atoms with Gasteiger partial charge in [0.15, 0.2) is 0 Å². The topological polar surface area (TPSA) is 15.3 Å². The van der Waals surface area contributed by atoms with Crippen molar-refractivity contribution in [3.05, 3.63) is 0 Å². The fourth-order valence-corrected chi connectivity index (χ4v) is 3.17. The Morgan fingerprint density at radius 3 is 2.81 bits per heavy atom. The maximum atomic E-state index is 3.79. The fourth-order valence-electron chi connectivity index (χ4n) is 2.60. The summed E-state index contributed by atoms with van der Waals surface area (Å²) in [4.78, 5) is 2.69. The number of thioether (sulfide) groups is 1. The van der Waals surface area contributed by atoms with Crippen LogP contribution in [0.25, 0.3) is 0 Å². The van der Waals surface area contributed by atoms with Gasteiger partial charge in [0.05, 0.1) is 0 Å². The smallest absolute Gasteiger partial charge is 0.0198 e. The lowest BCUT2D eigenvalue weighted by Gasteiger charge is -2.37. The van der Waals surface area contributed by atoms with Gasteiger partial charge >= 0.3 is 0 Å². The number of hydrogen-bond donors (Lipinski definition) is 1. The number of piperidine rings is 1. The Labute approximate surface area is 105 Å². The molecule has 2 aliphatic rings. The number of nitrogens with zero attached hydrogens (tertiary/aromatic N) is 1. The van der Waals surface area contributed by atoms with Crippen molar-refractivity contribution in [2.45, 2.75) is 57.2 Å². The fraction of sp³-hybridized carbons (Fsp3) is 1.00. The van der Waals surface area contributed by atoms with Crippen LogP contribution in [0.15, 0.2) is 0 Å². The van der Waals surface area contributed by atoms with Crippen LogP contribution in [0.4, 0.5) is 0 Å². The molecule has 2 nitrogen and oxygen atoms in total. The third-order valence-corrected chi connectivity index (χ3v) is 4.51. The van der Waals surface area contributed by atoms with Gasteiger partial charge in [-0.25, -0.2) is 0 Å². The van der Waals surface area contributed by atoms with E-state index in [1.807, 2.05) is 11.8 Å². The normalized spacial score (nSPS) is 29.2. The highest BCUT2D eigenvalue weighted by Crippen LogP contribution is 2.23. The summed E-state index contributed by atoms with van der Waals surface area (Å²) in [6, 6.07) is 2.42. The molecule has 3 heteroatoms. The molecule has 0 aromatic heterocycles. The second-order valence-electron chi connectivity index (χ2n) is 5.41. The molecule has 2 unspecified atom stereocenters. The molecule has 1 saturated heterocycles. The molecule has 2 fully saturated rings. The van der Waals surface area contributed by atoms with Crippen molar-refractivity contribution >= 4 is 11.8 Å². The first kappa shape index (κ1) is 12.7. The van der Waals surface area contributed by atoms with E-state index in [1.165, 1.54) is 50.9 Å². The molecule has 16 heavy (non-hydrogen) atoms. The lowest BCUT2D eigenvalue weighted by molar-refractivity contribution is 0.142. The molecule has 2 rings (SSSR count). The van der Waals surface area contributed by atoms with Gasteiger partial charge in [0.25, 0.3) is 0 Å². The molecule has 1 aliphatic carbocycles. The van der Waals surface area contributed by atoms with Gasteiger partial charge in [0.1, 0.15) is 0 Å². The monoisotopic (exact) mass is 242 g/mol. The Kier molecular flexibility index (Phi) is 4.98. The van der Waals surface area contributed by atoms with Crippen LogP contribution in [-0.2, 0) is 0 Å². The summed E-state index contributed by atoms with van der Waals surface area (Å²) in [5.74, 6) is 1.30. The molecule has 0 radical (unpaired) electrons. The molecule has 0 aromatic carbocycles. The molecule has 1 saturated carbocycles. The Morgan fingerprint density at radius 2 is 2.12 bits per heavy atom. The van der Waals surface area contributed by atoms with E-state index in [-0.39, 0.29) is 0 Å². The molecule has 0 aromatic rings. The molecule has 2 atom stereocenters. The number of likely N-dealkylation sites (tertiary alicyclic amines) is 1. The third kappa shape index (κ3) is 3.94. The van der Waals surface area contributed by atoms with Crippen LogP contribution in [0.3, 0.4) is 0 Å². The Balaban J connectivity index is 1.71. The molecule has 1 aliphatic heterocycles. The largest absolute Gasteiger partial charge is 0.310 e. The zero-order valence-corrected chi connectivity index (χ0v) is 11.6. The maximum absolute atomic E-state index is 3.79. The summed E-state index contributed by atoms with van der Waals surface area (Å²) in [6.07, 6.45) is 9.16. The molecule has 94 valence electrons. The lowest BCUT2D eigenvalue weighted by atomic mass is 10.0. The van der Waals surface area contributed by atoms with Crippen molar-refractivity contribution in [3.63, 3.8) is 0 Å². The van der Waals surface area contributed by atoms with E-state index in [0.29, 0.717) is 0 Å².